The Kier molecular flexibility index (Phi) is 8.19. The largest absolute Gasteiger partial charge is 0.367 e. The van der Waals surface area contributed by atoms with Crippen molar-refractivity contribution in [1.82, 2.24) is 0 Å². The average Bonchev–Trinajstić information content (AvgIpc) is 2.04. The third-order valence-electron chi connectivity index (χ3n) is 1.20. The van der Waals surface area contributed by atoms with Crippen LogP contribution in [0.4, 0.5) is 0 Å². The van der Waals surface area contributed by atoms with E-state index in [4.69, 9.17) is 12.8 Å². The molecule has 0 aliphatic heterocycles. The molecule has 1 aromatic carbocycles. The van der Waals surface area contributed by atoms with Gasteiger partial charge in [0.2, 0.25) is 0 Å². The first kappa shape index (κ1) is 13.9. The minimum atomic E-state index is 0. The van der Waals surface area contributed by atoms with Crippen molar-refractivity contribution in [2.45, 2.75) is 0 Å². The van der Waals surface area contributed by atoms with E-state index in [0.29, 0.717) is 11.1 Å². The quantitative estimate of drug-likeness (QED) is 0.364. The number of hydrogen-bond donors (Lipinski definition) is 0. The summed E-state index contributed by atoms with van der Waals surface area (Å²) >= 11 is 0. The maximum absolute atomic E-state index is 6.81. The van der Waals surface area contributed by atoms with Crippen LogP contribution in [0.3, 0.4) is 0 Å². The van der Waals surface area contributed by atoms with Crippen LogP contribution in [-0.2, 0) is 34.1 Å². The van der Waals surface area contributed by atoms with E-state index in [9.17, 15) is 0 Å². The molecule has 0 radical (unpaired) electrons. The summed E-state index contributed by atoms with van der Waals surface area (Å²) < 4.78 is 0. The summed E-state index contributed by atoms with van der Waals surface area (Å²) in [5, 5.41) is 0. The second-order valence-corrected chi connectivity index (χ2v) is 1.80. The van der Waals surface area contributed by atoms with Crippen molar-refractivity contribution in [3.8, 4) is 11.8 Å². The van der Waals surface area contributed by atoms with Crippen LogP contribution in [0.15, 0.2) is 24.3 Å². The molecule has 0 aliphatic carbocycles. The molecule has 0 saturated heterocycles. The van der Waals surface area contributed by atoms with Crippen molar-refractivity contribution in [1.29, 1.82) is 0 Å². The fourth-order valence-electron chi connectivity index (χ4n) is 0.701. The number of rotatable bonds is 0. The molecule has 0 N–H and O–H groups in total. The van der Waals surface area contributed by atoms with E-state index in [1.54, 1.807) is 24.3 Å². The molecule has 0 heterocycles. The van der Waals surface area contributed by atoms with Gasteiger partial charge in [0.25, 0.3) is 0 Å². The van der Waals surface area contributed by atoms with Crippen LogP contribution in [0, 0.1) is 24.7 Å². The molecule has 2 heteroatoms. The Balaban J connectivity index is 0. The van der Waals surface area contributed by atoms with Gasteiger partial charge in [-0.3, -0.25) is 0 Å². The molecule has 0 unspecified atom stereocenters. The average molecular weight is 236 g/mol. The Morgan fingerprint density at radius 3 is 1.42 bits per heavy atom. The second kappa shape index (κ2) is 7.05. The summed E-state index contributed by atoms with van der Waals surface area (Å²) in [5.74, 6) is 4.43. The molecule has 0 fully saturated rings. The summed E-state index contributed by atoms with van der Waals surface area (Å²) in [5.41, 5.74) is 1.22. The van der Waals surface area contributed by atoms with Crippen molar-refractivity contribution in [2.24, 2.45) is 0 Å². The van der Waals surface area contributed by atoms with Crippen molar-refractivity contribution >= 4 is 0 Å². The van der Waals surface area contributed by atoms with Crippen molar-refractivity contribution in [3.05, 3.63) is 48.2 Å². The first-order chi connectivity index (χ1) is 4.88. The molecule has 1 aromatic rings. The van der Waals surface area contributed by atoms with Crippen LogP contribution in [0.1, 0.15) is 11.1 Å². The van der Waals surface area contributed by atoms with Gasteiger partial charge >= 0.3 is 0 Å². The van der Waals surface area contributed by atoms with Crippen molar-refractivity contribution in [3.63, 3.8) is 0 Å². The topological polar surface area (TPSA) is 0 Å². The van der Waals surface area contributed by atoms with E-state index in [2.05, 4.69) is 11.8 Å². The van der Waals surface area contributed by atoms with Crippen LogP contribution < -0.4 is 0 Å². The molecule has 0 amide bonds. The van der Waals surface area contributed by atoms with E-state index >= 15 is 0 Å². The van der Waals surface area contributed by atoms with Crippen LogP contribution in [-0.4, -0.2) is 0 Å². The van der Waals surface area contributed by atoms with Gasteiger partial charge < -0.3 is 24.7 Å². The summed E-state index contributed by atoms with van der Waals surface area (Å²) in [7, 11) is 0. The zero-order valence-electron chi connectivity index (χ0n) is 6.02. The Morgan fingerprint density at radius 2 is 1.17 bits per heavy atom. The monoisotopic (exact) mass is 236 g/mol. The van der Waals surface area contributed by atoms with E-state index in [0.717, 1.165) is 0 Å². The molecular formula is C10H4Fe2-2. The van der Waals surface area contributed by atoms with Gasteiger partial charge in [0, 0.05) is 34.1 Å². The van der Waals surface area contributed by atoms with Gasteiger partial charge in [0.15, 0.2) is 0 Å². The fourth-order valence-corrected chi connectivity index (χ4v) is 0.701. The van der Waals surface area contributed by atoms with Gasteiger partial charge in [-0.05, 0) is 0 Å². The van der Waals surface area contributed by atoms with Crippen molar-refractivity contribution in [2.75, 3.05) is 0 Å². The summed E-state index contributed by atoms with van der Waals surface area (Å²) in [6.07, 6.45) is 13.6. The molecule has 1 rings (SSSR count). The summed E-state index contributed by atoms with van der Waals surface area (Å²) in [6, 6.07) is 7.06. The van der Waals surface area contributed by atoms with Crippen LogP contribution in [0.5, 0.6) is 0 Å². The Bertz CT molecular complexity index is 282. The van der Waals surface area contributed by atoms with Gasteiger partial charge in [-0.15, -0.1) is 12.1 Å². The van der Waals surface area contributed by atoms with Crippen LogP contribution >= 0.6 is 0 Å². The van der Waals surface area contributed by atoms with Gasteiger partial charge in [-0.1, -0.05) is 12.1 Å². The van der Waals surface area contributed by atoms with Crippen molar-refractivity contribution < 1.29 is 34.1 Å². The molecule has 12 heavy (non-hydrogen) atoms. The van der Waals surface area contributed by atoms with E-state index in [-0.39, 0.29) is 34.1 Å². The molecule has 0 saturated carbocycles. The zero-order chi connectivity index (χ0) is 7.40. The third-order valence-corrected chi connectivity index (χ3v) is 1.20. The molecule has 0 atom stereocenters. The van der Waals surface area contributed by atoms with Crippen LogP contribution in [0.2, 0.25) is 0 Å². The van der Waals surface area contributed by atoms with Crippen LogP contribution in [0.25, 0.3) is 0 Å². The zero-order valence-corrected chi connectivity index (χ0v) is 8.22. The standard InChI is InChI=1S/C10H4.2Fe/c1-3-9-7-5-6-8-10(9)4-2;;/h5-8H;;/q-2;;. The summed E-state index contributed by atoms with van der Waals surface area (Å²) in [4.78, 5) is 0. The summed E-state index contributed by atoms with van der Waals surface area (Å²) in [6.45, 7) is 0. The smallest absolute Gasteiger partial charge is 0 e. The third kappa shape index (κ3) is 3.18. The minimum absolute atomic E-state index is 0. The molecule has 62 valence electrons. The maximum Gasteiger partial charge on any atom is 0 e. The first-order valence-corrected chi connectivity index (χ1v) is 2.83. The van der Waals surface area contributed by atoms with Gasteiger partial charge in [-0.25, -0.2) is 0 Å². The van der Waals surface area contributed by atoms with E-state index in [1.165, 1.54) is 0 Å². The predicted molar refractivity (Wildman–Crippen MR) is 38.9 cm³/mol. The maximum atomic E-state index is 6.81. The SMILES string of the molecule is [C-]#Cc1ccccc1C#[C-].[Fe].[Fe]. The Morgan fingerprint density at radius 1 is 0.833 bits per heavy atom. The molecule has 0 nitrogen and oxygen atoms in total. The minimum Gasteiger partial charge on any atom is -0.367 e. The predicted octanol–water partition coefficient (Wildman–Crippen LogP) is 1.56. The Hall–Kier alpha value is -0.621. The number of benzene rings is 1. The van der Waals surface area contributed by atoms with E-state index in [1.807, 2.05) is 0 Å². The normalized spacial score (nSPS) is 6.50. The second-order valence-electron chi connectivity index (χ2n) is 1.80. The van der Waals surface area contributed by atoms with Gasteiger partial charge in [0.1, 0.15) is 0 Å². The fraction of sp³-hybridized carbons (Fsp3) is 0. The number of hydrogen-bond acceptors (Lipinski definition) is 0. The molecule has 0 aromatic heterocycles. The van der Waals surface area contributed by atoms with E-state index < -0.39 is 0 Å². The molecule has 0 spiro atoms. The Labute approximate surface area is 94.1 Å². The molecule has 0 aliphatic rings. The molecule has 0 bridgehead atoms. The first-order valence-electron chi connectivity index (χ1n) is 2.83. The van der Waals surface area contributed by atoms with Gasteiger partial charge in [0.05, 0.1) is 0 Å². The van der Waals surface area contributed by atoms with Gasteiger partial charge in [-0.2, -0.15) is 11.1 Å². The molecular weight excluding hydrogens is 232 g/mol.